The van der Waals surface area contributed by atoms with E-state index >= 15 is 0 Å². The first-order valence-corrected chi connectivity index (χ1v) is 8.83. The normalized spacial score (nSPS) is 13.2. The molecule has 0 atom stereocenters. The summed E-state index contributed by atoms with van der Waals surface area (Å²) in [5.74, 6) is 1.66. The van der Waals surface area contributed by atoms with Gasteiger partial charge in [0.2, 0.25) is 11.5 Å². The lowest BCUT2D eigenvalue weighted by Crippen LogP contribution is -2.16. The van der Waals surface area contributed by atoms with E-state index in [9.17, 15) is 4.79 Å². The first kappa shape index (κ1) is 18.9. The molecule has 1 heterocycles. The summed E-state index contributed by atoms with van der Waals surface area (Å²) in [4.78, 5) is 12.7. The molecule has 1 aliphatic rings. The molecule has 0 saturated carbocycles. The highest BCUT2D eigenvalue weighted by Crippen LogP contribution is 2.42. The van der Waals surface area contributed by atoms with Gasteiger partial charge in [0.15, 0.2) is 11.5 Å². The lowest BCUT2D eigenvalue weighted by atomic mass is 10.1. The van der Waals surface area contributed by atoms with Crippen LogP contribution in [-0.4, -0.2) is 32.7 Å². The fourth-order valence-corrected chi connectivity index (χ4v) is 2.95. The number of anilines is 1. The zero-order valence-corrected chi connectivity index (χ0v) is 15.8. The second-order valence-electron chi connectivity index (χ2n) is 5.72. The van der Waals surface area contributed by atoms with Gasteiger partial charge >= 0.3 is 0 Å². The zero-order valence-electron chi connectivity index (χ0n) is 15.1. The van der Waals surface area contributed by atoms with Gasteiger partial charge in [0.05, 0.1) is 24.4 Å². The maximum Gasteiger partial charge on any atom is 0.204 e. The van der Waals surface area contributed by atoms with Crippen LogP contribution in [0.5, 0.6) is 23.0 Å². The Hall–Kier alpha value is -2.86. The van der Waals surface area contributed by atoms with Crippen LogP contribution in [-0.2, 0) is 0 Å². The molecule has 27 heavy (non-hydrogen) atoms. The number of ketones is 1. The van der Waals surface area contributed by atoms with E-state index in [1.54, 1.807) is 30.3 Å². The van der Waals surface area contributed by atoms with Gasteiger partial charge in [0.1, 0.15) is 19.0 Å². The van der Waals surface area contributed by atoms with Crippen molar-refractivity contribution >= 4 is 29.1 Å². The topological polar surface area (TPSA) is 80.0 Å². The number of carbonyl (C=O) groups excluding carboxylic acids is 1. The summed E-state index contributed by atoms with van der Waals surface area (Å²) in [5, 5.41) is 0.0252. The SMILES string of the molecule is CCOc1cc(C(=O)/C(Cl)=C\c2ccc3c(c2OC)OCCO3)ccc1N. The van der Waals surface area contributed by atoms with E-state index in [4.69, 9.17) is 36.3 Å². The van der Waals surface area contributed by atoms with Crippen LogP contribution in [0.1, 0.15) is 22.8 Å². The zero-order chi connectivity index (χ0) is 19.4. The standard InChI is InChI=1S/C20H20ClNO5/c1-3-25-17-11-12(4-6-15(17)22)18(23)14(21)10-13-5-7-16-20(19(13)24-2)27-9-8-26-16/h4-7,10-11H,3,8-9,22H2,1-2H3/b14-10+. The summed E-state index contributed by atoms with van der Waals surface area (Å²) in [6.07, 6.45) is 1.54. The highest BCUT2D eigenvalue weighted by Gasteiger charge is 2.21. The van der Waals surface area contributed by atoms with E-state index in [1.165, 1.54) is 13.2 Å². The van der Waals surface area contributed by atoms with Gasteiger partial charge in [-0.25, -0.2) is 0 Å². The molecule has 0 radical (unpaired) electrons. The summed E-state index contributed by atoms with van der Waals surface area (Å²) in [7, 11) is 1.52. The number of hydrogen-bond acceptors (Lipinski definition) is 6. The molecule has 2 aromatic carbocycles. The van der Waals surface area contributed by atoms with Crippen molar-refractivity contribution in [1.29, 1.82) is 0 Å². The van der Waals surface area contributed by atoms with Gasteiger partial charge in [0, 0.05) is 11.1 Å². The first-order chi connectivity index (χ1) is 13.0. The van der Waals surface area contributed by atoms with Gasteiger partial charge in [-0.2, -0.15) is 0 Å². The number of methoxy groups -OCH3 is 1. The van der Waals surface area contributed by atoms with Crippen molar-refractivity contribution in [3.8, 4) is 23.0 Å². The lowest BCUT2D eigenvalue weighted by Gasteiger charge is -2.21. The van der Waals surface area contributed by atoms with Crippen molar-refractivity contribution in [2.75, 3.05) is 32.7 Å². The average Bonchev–Trinajstić information content (AvgIpc) is 2.69. The van der Waals surface area contributed by atoms with E-state index in [1.807, 2.05) is 6.92 Å². The molecule has 0 aromatic heterocycles. The van der Waals surface area contributed by atoms with Gasteiger partial charge < -0.3 is 24.7 Å². The minimum Gasteiger partial charge on any atom is -0.492 e. The molecule has 1 aliphatic heterocycles. The molecule has 0 saturated heterocycles. The lowest BCUT2D eigenvalue weighted by molar-refractivity contribution is 0.104. The van der Waals surface area contributed by atoms with Crippen LogP contribution in [0, 0.1) is 0 Å². The highest BCUT2D eigenvalue weighted by atomic mass is 35.5. The second-order valence-corrected chi connectivity index (χ2v) is 6.13. The summed E-state index contributed by atoms with van der Waals surface area (Å²) in [6, 6.07) is 8.33. The fourth-order valence-electron chi connectivity index (χ4n) is 2.73. The van der Waals surface area contributed by atoms with Crippen LogP contribution >= 0.6 is 11.6 Å². The maximum absolute atomic E-state index is 12.7. The number of Topliss-reactive ketones (excluding diaryl/α,β-unsaturated/α-hetero) is 1. The third kappa shape index (κ3) is 3.95. The van der Waals surface area contributed by atoms with Gasteiger partial charge in [-0.05, 0) is 43.3 Å². The minimum atomic E-state index is -0.352. The van der Waals surface area contributed by atoms with E-state index in [2.05, 4.69) is 0 Å². The molecule has 0 bridgehead atoms. The Kier molecular flexibility index (Phi) is 5.76. The largest absolute Gasteiger partial charge is 0.492 e. The number of ether oxygens (including phenoxy) is 4. The number of rotatable bonds is 6. The summed E-state index contributed by atoms with van der Waals surface area (Å²) in [6.45, 7) is 3.19. The number of nitrogens with two attached hydrogens (primary N) is 1. The van der Waals surface area contributed by atoms with Crippen molar-refractivity contribution in [2.45, 2.75) is 6.92 Å². The van der Waals surface area contributed by atoms with E-state index in [0.29, 0.717) is 59.6 Å². The monoisotopic (exact) mass is 389 g/mol. The number of benzene rings is 2. The number of nitrogen functional groups attached to an aromatic ring is 1. The molecule has 0 unspecified atom stereocenters. The van der Waals surface area contributed by atoms with Gasteiger partial charge in [-0.3, -0.25) is 4.79 Å². The van der Waals surface area contributed by atoms with Crippen LogP contribution in [0.2, 0.25) is 0 Å². The molecule has 142 valence electrons. The van der Waals surface area contributed by atoms with Gasteiger partial charge in [-0.1, -0.05) is 11.6 Å². The Balaban J connectivity index is 1.93. The Bertz CT molecular complexity index is 894. The Morgan fingerprint density at radius 3 is 2.78 bits per heavy atom. The molecule has 6 nitrogen and oxygen atoms in total. The van der Waals surface area contributed by atoms with Gasteiger partial charge in [-0.15, -0.1) is 0 Å². The van der Waals surface area contributed by atoms with Crippen LogP contribution in [0.3, 0.4) is 0 Å². The Labute approximate surface area is 162 Å². The van der Waals surface area contributed by atoms with Crippen molar-refractivity contribution < 1.29 is 23.7 Å². The highest BCUT2D eigenvalue weighted by molar-refractivity contribution is 6.47. The fraction of sp³-hybridized carbons (Fsp3) is 0.250. The van der Waals surface area contributed by atoms with Crippen LogP contribution < -0.4 is 24.7 Å². The van der Waals surface area contributed by atoms with Crippen molar-refractivity contribution in [2.24, 2.45) is 0 Å². The van der Waals surface area contributed by atoms with Crippen LogP contribution in [0.4, 0.5) is 5.69 Å². The van der Waals surface area contributed by atoms with E-state index < -0.39 is 0 Å². The molecule has 7 heteroatoms. The molecular weight excluding hydrogens is 370 g/mol. The average molecular weight is 390 g/mol. The number of allylic oxidation sites excluding steroid dienone is 1. The van der Waals surface area contributed by atoms with E-state index in [-0.39, 0.29) is 10.8 Å². The summed E-state index contributed by atoms with van der Waals surface area (Å²) in [5.41, 5.74) is 7.30. The molecule has 2 N–H and O–H groups in total. The predicted molar refractivity (Wildman–Crippen MR) is 104 cm³/mol. The molecule has 0 aliphatic carbocycles. The number of halogens is 1. The first-order valence-electron chi connectivity index (χ1n) is 8.46. The Morgan fingerprint density at radius 1 is 1.26 bits per heavy atom. The van der Waals surface area contributed by atoms with E-state index in [0.717, 1.165) is 0 Å². The number of fused-ring (bicyclic) bond motifs is 1. The number of hydrogen-bond donors (Lipinski definition) is 1. The minimum absolute atomic E-state index is 0.0252. The van der Waals surface area contributed by atoms with Crippen molar-refractivity contribution in [3.63, 3.8) is 0 Å². The summed E-state index contributed by atoms with van der Waals surface area (Å²) >= 11 is 6.29. The maximum atomic E-state index is 12.7. The summed E-state index contributed by atoms with van der Waals surface area (Å²) < 4.78 is 22.0. The molecule has 3 rings (SSSR count). The van der Waals surface area contributed by atoms with Crippen LogP contribution in [0.15, 0.2) is 35.4 Å². The second kappa shape index (κ2) is 8.22. The molecular formula is C20H20ClNO5. The molecule has 0 amide bonds. The van der Waals surface area contributed by atoms with Crippen molar-refractivity contribution in [3.05, 3.63) is 46.5 Å². The van der Waals surface area contributed by atoms with Gasteiger partial charge in [0.25, 0.3) is 0 Å². The molecule has 0 fully saturated rings. The van der Waals surface area contributed by atoms with Crippen molar-refractivity contribution in [1.82, 2.24) is 0 Å². The Morgan fingerprint density at radius 2 is 2.04 bits per heavy atom. The molecule has 2 aromatic rings. The quantitative estimate of drug-likeness (QED) is 0.458. The number of carbonyl (C=O) groups is 1. The third-order valence-corrected chi connectivity index (χ3v) is 4.25. The molecule has 0 spiro atoms. The predicted octanol–water partition coefficient (Wildman–Crippen LogP) is 3.91. The van der Waals surface area contributed by atoms with Crippen LogP contribution in [0.25, 0.3) is 6.08 Å². The third-order valence-electron chi connectivity index (χ3n) is 3.97. The smallest absolute Gasteiger partial charge is 0.204 e.